The average Bonchev–Trinajstić information content (AvgIpc) is 2.36. The molecule has 0 aliphatic rings. The minimum Gasteiger partial charge on any atom is -0.225 e. The molecule has 0 unspecified atom stereocenters. The highest BCUT2D eigenvalue weighted by Gasteiger charge is 2.22. The summed E-state index contributed by atoms with van der Waals surface area (Å²) < 4.78 is 47.2. The summed E-state index contributed by atoms with van der Waals surface area (Å²) in [5.74, 6) is 0. The van der Waals surface area contributed by atoms with Crippen molar-refractivity contribution in [3.63, 3.8) is 0 Å². The molecule has 0 amide bonds. The molecule has 0 aliphatic carbocycles. The molecule has 0 aromatic heterocycles. The summed E-state index contributed by atoms with van der Waals surface area (Å²) in [6.07, 6.45) is 1.09. The molecule has 0 saturated carbocycles. The molecule has 2 aromatic carbocycles. The first-order valence-corrected chi connectivity index (χ1v) is 9.48. The van der Waals surface area contributed by atoms with Crippen molar-refractivity contribution >= 4 is 19.9 Å². The Kier molecular flexibility index (Phi) is 3.92. The summed E-state index contributed by atoms with van der Waals surface area (Å²) in [6.45, 7) is 1.55. The number of benzene rings is 2. The van der Waals surface area contributed by atoms with E-state index >= 15 is 0 Å². The lowest BCUT2D eigenvalue weighted by Gasteiger charge is -2.14. The van der Waals surface area contributed by atoms with Crippen molar-refractivity contribution in [3.8, 4) is 11.1 Å². The predicted octanol–water partition coefficient (Wildman–Crippen LogP) is 1.71. The normalized spacial score (nSPS) is 12.3. The molecule has 2 rings (SSSR count). The lowest BCUT2D eigenvalue weighted by atomic mass is 10.0. The second-order valence-corrected chi connectivity index (χ2v) is 8.26. The smallest absolute Gasteiger partial charge is 0.225 e. The molecule has 0 radical (unpaired) electrons. The Balaban J connectivity index is 2.94. The van der Waals surface area contributed by atoms with Crippen molar-refractivity contribution in [1.29, 1.82) is 0 Å². The molecule has 0 bridgehead atoms. The van der Waals surface area contributed by atoms with Crippen LogP contribution < -0.4 is 5.14 Å². The Morgan fingerprint density at radius 1 is 0.857 bits per heavy atom. The van der Waals surface area contributed by atoms with Gasteiger partial charge in [-0.3, -0.25) is 0 Å². The third-order valence-electron chi connectivity index (χ3n) is 3.15. The quantitative estimate of drug-likeness (QED) is 0.929. The molecule has 112 valence electrons. The fourth-order valence-electron chi connectivity index (χ4n) is 2.25. The van der Waals surface area contributed by atoms with Gasteiger partial charge in [0.25, 0.3) is 0 Å². The van der Waals surface area contributed by atoms with Gasteiger partial charge in [-0.1, -0.05) is 30.3 Å². The van der Waals surface area contributed by atoms with E-state index in [1.807, 2.05) is 0 Å². The molecular weight excluding hydrogens is 310 g/mol. The van der Waals surface area contributed by atoms with Crippen molar-refractivity contribution in [2.75, 3.05) is 6.26 Å². The van der Waals surface area contributed by atoms with Crippen LogP contribution in [0.5, 0.6) is 0 Å². The van der Waals surface area contributed by atoms with Crippen LogP contribution in [0, 0.1) is 6.92 Å². The lowest BCUT2D eigenvalue weighted by molar-refractivity contribution is 0.595. The first-order valence-electron chi connectivity index (χ1n) is 6.04. The summed E-state index contributed by atoms with van der Waals surface area (Å²) >= 11 is 0. The summed E-state index contributed by atoms with van der Waals surface area (Å²) in [7, 11) is -7.42. The number of sulfonamides is 1. The molecule has 0 atom stereocenters. The zero-order valence-corrected chi connectivity index (χ0v) is 13.2. The number of sulfone groups is 1. The van der Waals surface area contributed by atoms with E-state index < -0.39 is 19.9 Å². The lowest BCUT2D eigenvalue weighted by Crippen LogP contribution is -2.15. The first kappa shape index (κ1) is 15.7. The Morgan fingerprint density at radius 3 is 1.86 bits per heavy atom. The Bertz CT molecular complexity index is 886. The van der Waals surface area contributed by atoms with E-state index in [1.165, 1.54) is 12.1 Å². The van der Waals surface area contributed by atoms with E-state index in [2.05, 4.69) is 0 Å². The average molecular weight is 325 g/mol. The van der Waals surface area contributed by atoms with Gasteiger partial charge in [0.15, 0.2) is 9.84 Å². The third-order valence-corrected chi connectivity index (χ3v) is 5.34. The predicted molar refractivity (Wildman–Crippen MR) is 81.1 cm³/mol. The largest absolute Gasteiger partial charge is 0.238 e. The summed E-state index contributed by atoms with van der Waals surface area (Å²) in [5.41, 5.74) is 1.32. The molecule has 5 nitrogen and oxygen atoms in total. The van der Waals surface area contributed by atoms with Gasteiger partial charge in [0.05, 0.1) is 9.79 Å². The standard InChI is InChI=1S/C14H15NO4S2/c1-10-12(21(15,18)19)8-9-13(20(2,16)17)14(10)11-6-4-3-5-7-11/h3-9H,1-2H3,(H2,15,18,19). The molecule has 2 N–H and O–H groups in total. The Morgan fingerprint density at radius 2 is 1.38 bits per heavy atom. The SMILES string of the molecule is Cc1c(S(N)(=O)=O)ccc(S(C)(=O)=O)c1-c1ccccc1. The maximum absolute atomic E-state index is 12.0. The first-order chi connectivity index (χ1) is 9.62. The van der Waals surface area contributed by atoms with E-state index in [9.17, 15) is 16.8 Å². The van der Waals surface area contributed by atoms with Crippen molar-refractivity contribution < 1.29 is 16.8 Å². The van der Waals surface area contributed by atoms with Gasteiger partial charge < -0.3 is 0 Å². The van der Waals surface area contributed by atoms with Gasteiger partial charge in [-0.15, -0.1) is 0 Å². The maximum Gasteiger partial charge on any atom is 0.238 e. The summed E-state index contributed by atoms with van der Waals surface area (Å²) in [5, 5.41) is 5.19. The van der Waals surface area contributed by atoms with Crippen LogP contribution in [0.15, 0.2) is 52.3 Å². The van der Waals surface area contributed by atoms with Gasteiger partial charge >= 0.3 is 0 Å². The van der Waals surface area contributed by atoms with Crippen LogP contribution in [0.4, 0.5) is 0 Å². The van der Waals surface area contributed by atoms with Gasteiger partial charge in [0.2, 0.25) is 10.0 Å². The van der Waals surface area contributed by atoms with Gasteiger partial charge in [0.1, 0.15) is 0 Å². The molecule has 0 saturated heterocycles. The van der Waals surface area contributed by atoms with Crippen LogP contribution in [0.2, 0.25) is 0 Å². The molecule has 0 aliphatic heterocycles. The van der Waals surface area contributed by atoms with E-state index in [1.54, 1.807) is 37.3 Å². The minimum absolute atomic E-state index is 0.0752. The minimum atomic E-state index is -3.92. The van der Waals surface area contributed by atoms with Crippen molar-refractivity contribution in [2.45, 2.75) is 16.7 Å². The van der Waals surface area contributed by atoms with E-state index in [0.717, 1.165) is 6.26 Å². The monoisotopic (exact) mass is 325 g/mol. The molecule has 0 heterocycles. The van der Waals surface area contributed by atoms with Crippen molar-refractivity contribution in [2.24, 2.45) is 5.14 Å². The second-order valence-electron chi connectivity index (χ2n) is 4.75. The summed E-state index contributed by atoms with van der Waals surface area (Å²) in [6, 6.07) is 11.3. The van der Waals surface area contributed by atoms with Gasteiger partial charge in [-0.2, -0.15) is 0 Å². The molecule has 2 aromatic rings. The number of rotatable bonds is 3. The molecule has 0 fully saturated rings. The van der Waals surface area contributed by atoms with E-state index in [4.69, 9.17) is 5.14 Å². The van der Waals surface area contributed by atoms with Crippen molar-refractivity contribution in [1.82, 2.24) is 0 Å². The van der Waals surface area contributed by atoms with Gasteiger partial charge in [-0.05, 0) is 30.2 Å². The number of hydrogen-bond donors (Lipinski definition) is 1. The zero-order valence-electron chi connectivity index (χ0n) is 11.6. The van der Waals surface area contributed by atoms with Crippen LogP contribution >= 0.6 is 0 Å². The molecule has 7 heteroatoms. The van der Waals surface area contributed by atoms with Gasteiger partial charge in [0, 0.05) is 11.8 Å². The fourth-order valence-corrected chi connectivity index (χ4v) is 3.99. The molecule has 21 heavy (non-hydrogen) atoms. The van der Waals surface area contributed by atoms with Crippen LogP contribution in [0.3, 0.4) is 0 Å². The highest BCUT2D eigenvalue weighted by atomic mass is 32.2. The number of nitrogens with two attached hydrogens (primary N) is 1. The van der Waals surface area contributed by atoms with E-state index in [0.29, 0.717) is 16.7 Å². The van der Waals surface area contributed by atoms with Gasteiger partial charge in [-0.25, -0.2) is 22.0 Å². The second kappa shape index (κ2) is 5.25. The summed E-state index contributed by atoms with van der Waals surface area (Å²) in [4.78, 5) is 0.00681. The highest BCUT2D eigenvalue weighted by Crippen LogP contribution is 2.33. The van der Waals surface area contributed by atoms with Crippen LogP contribution in [-0.4, -0.2) is 23.1 Å². The number of hydrogen-bond acceptors (Lipinski definition) is 4. The topological polar surface area (TPSA) is 94.3 Å². The maximum atomic E-state index is 12.0. The Labute approximate surface area is 124 Å². The fraction of sp³-hybridized carbons (Fsp3) is 0.143. The van der Waals surface area contributed by atoms with Crippen LogP contribution in [-0.2, 0) is 19.9 Å². The molecular formula is C14H15NO4S2. The molecule has 0 spiro atoms. The third kappa shape index (κ3) is 3.15. The highest BCUT2D eigenvalue weighted by molar-refractivity contribution is 7.91. The zero-order chi connectivity index (χ0) is 15.8. The number of primary sulfonamides is 1. The van der Waals surface area contributed by atoms with E-state index in [-0.39, 0.29) is 9.79 Å². The van der Waals surface area contributed by atoms with Crippen LogP contribution in [0.1, 0.15) is 5.56 Å². The van der Waals surface area contributed by atoms with Crippen molar-refractivity contribution in [3.05, 3.63) is 48.0 Å². The Hall–Kier alpha value is -1.70. The van der Waals surface area contributed by atoms with Crippen LogP contribution in [0.25, 0.3) is 11.1 Å².